The van der Waals surface area contributed by atoms with Gasteiger partial charge in [-0.1, -0.05) is 45.4 Å². The molecule has 1 aromatic rings. The highest BCUT2D eigenvalue weighted by molar-refractivity contribution is 5.92. The van der Waals surface area contributed by atoms with Crippen molar-refractivity contribution in [1.82, 2.24) is 4.90 Å². The van der Waals surface area contributed by atoms with Crippen LogP contribution in [0, 0.1) is 12.8 Å². The van der Waals surface area contributed by atoms with Crippen LogP contribution < -0.4 is 11.1 Å². The second-order valence-electron chi connectivity index (χ2n) is 6.22. The molecule has 0 aliphatic rings. The number of likely N-dealkylation sites (N-methyl/N-ethyl adjacent to an activating group) is 1. The Labute approximate surface area is 135 Å². The van der Waals surface area contributed by atoms with E-state index in [2.05, 4.69) is 62.0 Å². The van der Waals surface area contributed by atoms with E-state index in [4.69, 9.17) is 5.73 Å². The second-order valence-corrected chi connectivity index (χ2v) is 6.22. The number of benzene rings is 1. The maximum absolute atomic E-state index is 6.03. The number of aryl methyl sites for hydroxylation is 1. The van der Waals surface area contributed by atoms with Crippen LogP contribution in [0.1, 0.15) is 39.7 Å². The van der Waals surface area contributed by atoms with E-state index in [9.17, 15) is 0 Å². The van der Waals surface area contributed by atoms with Crippen LogP contribution >= 0.6 is 0 Å². The number of guanidine groups is 1. The summed E-state index contributed by atoms with van der Waals surface area (Å²) in [5.41, 5.74) is 8.24. The van der Waals surface area contributed by atoms with Crippen molar-refractivity contribution in [2.24, 2.45) is 16.6 Å². The lowest BCUT2D eigenvalue weighted by Gasteiger charge is -2.29. The lowest BCUT2D eigenvalue weighted by atomic mass is 10.0. The number of aliphatic imine (C=N–C) groups is 1. The Bertz CT molecular complexity index is 447. The van der Waals surface area contributed by atoms with Gasteiger partial charge in [-0.3, -0.25) is 9.89 Å². The first-order valence-electron chi connectivity index (χ1n) is 8.33. The Morgan fingerprint density at radius 2 is 1.77 bits per heavy atom. The summed E-state index contributed by atoms with van der Waals surface area (Å²) >= 11 is 0. The minimum absolute atomic E-state index is 0.452. The highest BCUT2D eigenvalue weighted by atomic mass is 15.2. The van der Waals surface area contributed by atoms with Crippen LogP contribution in [-0.2, 0) is 0 Å². The maximum atomic E-state index is 6.03. The van der Waals surface area contributed by atoms with Gasteiger partial charge in [0.15, 0.2) is 5.96 Å². The third-order valence-corrected chi connectivity index (χ3v) is 3.87. The Morgan fingerprint density at radius 1 is 1.18 bits per heavy atom. The highest BCUT2D eigenvalue weighted by Crippen LogP contribution is 2.12. The zero-order valence-corrected chi connectivity index (χ0v) is 14.8. The van der Waals surface area contributed by atoms with Gasteiger partial charge in [0.25, 0.3) is 0 Å². The summed E-state index contributed by atoms with van der Waals surface area (Å²) in [6.07, 6.45) is 1.14. The molecule has 1 atom stereocenters. The fourth-order valence-electron chi connectivity index (χ4n) is 2.65. The standard InChI is InChI=1S/C18H32N4/c1-6-22(7-2)17(12-14(3)4)13-20-18(19)21-16-10-8-15(5)9-11-16/h8-11,14,17H,6-7,12-13H2,1-5H3,(H3,19,20,21). The molecule has 0 aromatic heterocycles. The molecule has 4 nitrogen and oxygen atoms in total. The van der Waals surface area contributed by atoms with Crippen LogP contribution in [0.2, 0.25) is 0 Å². The van der Waals surface area contributed by atoms with Gasteiger partial charge >= 0.3 is 0 Å². The largest absolute Gasteiger partial charge is 0.370 e. The zero-order chi connectivity index (χ0) is 16.5. The third kappa shape index (κ3) is 6.48. The lowest BCUT2D eigenvalue weighted by molar-refractivity contribution is 0.196. The minimum atomic E-state index is 0.452. The van der Waals surface area contributed by atoms with Crippen molar-refractivity contribution in [2.75, 3.05) is 25.0 Å². The first kappa shape index (κ1) is 18.5. The maximum Gasteiger partial charge on any atom is 0.193 e. The van der Waals surface area contributed by atoms with E-state index in [-0.39, 0.29) is 0 Å². The molecule has 0 radical (unpaired) electrons. The first-order chi connectivity index (χ1) is 10.5. The molecule has 124 valence electrons. The molecule has 4 heteroatoms. The van der Waals surface area contributed by atoms with E-state index in [1.807, 2.05) is 12.1 Å². The number of nitrogens with two attached hydrogens (primary N) is 1. The smallest absolute Gasteiger partial charge is 0.193 e. The fraction of sp³-hybridized carbons (Fsp3) is 0.611. The van der Waals surface area contributed by atoms with Crippen LogP contribution in [0.4, 0.5) is 5.69 Å². The molecule has 0 amide bonds. The van der Waals surface area contributed by atoms with Crippen molar-refractivity contribution in [1.29, 1.82) is 0 Å². The van der Waals surface area contributed by atoms with Crippen molar-refractivity contribution in [3.8, 4) is 0 Å². The van der Waals surface area contributed by atoms with Crippen molar-refractivity contribution in [3.05, 3.63) is 29.8 Å². The van der Waals surface area contributed by atoms with Crippen LogP contribution in [0.5, 0.6) is 0 Å². The summed E-state index contributed by atoms with van der Waals surface area (Å²) in [4.78, 5) is 7.01. The zero-order valence-electron chi connectivity index (χ0n) is 14.8. The van der Waals surface area contributed by atoms with Gasteiger partial charge in [-0.05, 0) is 44.5 Å². The lowest BCUT2D eigenvalue weighted by Crippen LogP contribution is -2.39. The second kappa shape index (κ2) is 9.46. The van der Waals surface area contributed by atoms with E-state index < -0.39 is 0 Å². The van der Waals surface area contributed by atoms with E-state index >= 15 is 0 Å². The van der Waals surface area contributed by atoms with Gasteiger partial charge in [0.2, 0.25) is 0 Å². The van der Waals surface area contributed by atoms with Gasteiger partial charge in [-0.2, -0.15) is 0 Å². The molecule has 0 bridgehead atoms. The molecule has 0 saturated heterocycles. The Hall–Kier alpha value is -1.55. The van der Waals surface area contributed by atoms with Crippen molar-refractivity contribution in [2.45, 2.75) is 47.1 Å². The molecule has 0 spiro atoms. The van der Waals surface area contributed by atoms with E-state index in [0.717, 1.165) is 31.7 Å². The fourth-order valence-corrected chi connectivity index (χ4v) is 2.65. The quantitative estimate of drug-likeness (QED) is 0.571. The summed E-state index contributed by atoms with van der Waals surface area (Å²) in [7, 11) is 0. The molecule has 0 fully saturated rings. The average Bonchev–Trinajstić information content (AvgIpc) is 2.47. The highest BCUT2D eigenvalue weighted by Gasteiger charge is 2.16. The van der Waals surface area contributed by atoms with Gasteiger partial charge in [-0.15, -0.1) is 0 Å². The van der Waals surface area contributed by atoms with Gasteiger partial charge in [0.1, 0.15) is 0 Å². The normalized spacial score (nSPS) is 13.7. The summed E-state index contributed by atoms with van der Waals surface area (Å²) in [5.74, 6) is 1.15. The SMILES string of the molecule is CCN(CC)C(CN=C(N)Nc1ccc(C)cc1)CC(C)C. The predicted molar refractivity (Wildman–Crippen MR) is 97.5 cm³/mol. The van der Waals surface area contributed by atoms with Crippen LogP contribution in [0.15, 0.2) is 29.3 Å². The van der Waals surface area contributed by atoms with E-state index in [1.165, 1.54) is 5.56 Å². The molecule has 22 heavy (non-hydrogen) atoms. The molecular formula is C18H32N4. The third-order valence-electron chi connectivity index (χ3n) is 3.87. The molecule has 1 rings (SSSR count). The Morgan fingerprint density at radius 3 is 2.27 bits per heavy atom. The van der Waals surface area contributed by atoms with Gasteiger partial charge in [0, 0.05) is 11.7 Å². The van der Waals surface area contributed by atoms with Gasteiger partial charge < -0.3 is 11.1 Å². The summed E-state index contributed by atoms with van der Waals surface area (Å²) < 4.78 is 0. The number of hydrogen-bond acceptors (Lipinski definition) is 2. The van der Waals surface area contributed by atoms with Crippen molar-refractivity contribution in [3.63, 3.8) is 0 Å². The van der Waals surface area contributed by atoms with E-state index in [1.54, 1.807) is 0 Å². The molecule has 0 saturated carbocycles. The predicted octanol–water partition coefficient (Wildman–Crippen LogP) is 3.48. The van der Waals surface area contributed by atoms with Crippen molar-refractivity contribution >= 4 is 11.6 Å². The number of anilines is 1. The first-order valence-corrected chi connectivity index (χ1v) is 8.33. The molecule has 1 aromatic carbocycles. The summed E-state index contributed by atoms with van der Waals surface area (Å²) in [6.45, 7) is 13.8. The van der Waals surface area contributed by atoms with Crippen molar-refractivity contribution < 1.29 is 0 Å². The van der Waals surface area contributed by atoms with Crippen LogP contribution in [0.25, 0.3) is 0 Å². The summed E-state index contributed by atoms with van der Waals surface area (Å²) in [6, 6.07) is 8.62. The van der Waals surface area contributed by atoms with Gasteiger partial charge in [-0.25, -0.2) is 0 Å². The number of nitrogens with one attached hydrogen (secondary N) is 1. The minimum Gasteiger partial charge on any atom is -0.370 e. The number of nitrogens with zero attached hydrogens (tertiary/aromatic N) is 2. The Balaban J connectivity index is 2.65. The monoisotopic (exact) mass is 304 g/mol. The number of rotatable bonds is 8. The van der Waals surface area contributed by atoms with Crippen LogP contribution in [-0.4, -0.2) is 36.5 Å². The topological polar surface area (TPSA) is 53.6 Å². The molecule has 0 aliphatic heterocycles. The molecule has 1 unspecified atom stereocenters. The molecule has 0 aliphatic carbocycles. The average molecular weight is 304 g/mol. The van der Waals surface area contributed by atoms with E-state index in [0.29, 0.717) is 17.9 Å². The number of hydrogen-bond donors (Lipinski definition) is 2. The Kier molecular flexibility index (Phi) is 7.96. The van der Waals surface area contributed by atoms with Crippen LogP contribution in [0.3, 0.4) is 0 Å². The molecule has 0 heterocycles. The molecular weight excluding hydrogens is 272 g/mol. The van der Waals surface area contributed by atoms with Gasteiger partial charge in [0.05, 0.1) is 6.54 Å². The molecule has 3 N–H and O–H groups in total. The summed E-state index contributed by atoms with van der Waals surface area (Å²) in [5, 5.41) is 3.16.